The van der Waals surface area contributed by atoms with Gasteiger partial charge in [0.25, 0.3) is 5.91 Å². The Bertz CT molecular complexity index is 1490. The summed E-state index contributed by atoms with van der Waals surface area (Å²) < 4.78 is 19.6. The molecular weight excluding hydrogens is 485 g/mol. The number of nitrogens with zero attached hydrogens (tertiary/aromatic N) is 3. The Morgan fingerprint density at radius 1 is 0.919 bits per heavy atom. The summed E-state index contributed by atoms with van der Waals surface area (Å²) in [6.07, 6.45) is 1.67. The third kappa shape index (κ3) is 5.73. The van der Waals surface area contributed by atoms with Crippen molar-refractivity contribution in [1.29, 1.82) is 0 Å². The highest BCUT2D eigenvalue weighted by Crippen LogP contribution is 2.32. The second kappa shape index (κ2) is 11.1. The molecule has 184 valence electrons. The number of carbonyl (C=O) groups is 1. The van der Waals surface area contributed by atoms with Crippen LogP contribution in [-0.4, -0.2) is 15.9 Å². The van der Waals surface area contributed by atoms with Crippen LogP contribution in [0.2, 0.25) is 0 Å². The first-order chi connectivity index (χ1) is 18.1. The van der Waals surface area contributed by atoms with Gasteiger partial charge in [-0.25, -0.2) is 14.4 Å². The monoisotopic (exact) mass is 509 g/mol. The minimum Gasteiger partial charge on any atom is -0.489 e. The van der Waals surface area contributed by atoms with Gasteiger partial charge in [-0.15, -0.1) is 11.3 Å². The molecule has 0 saturated heterocycles. The average Bonchev–Trinajstić information content (AvgIpc) is 3.34. The summed E-state index contributed by atoms with van der Waals surface area (Å²) in [4.78, 5) is 25.4. The summed E-state index contributed by atoms with van der Waals surface area (Å²) in [6, 6.07) is 29.3. The van der Waals surface area contributed by atoms with Gasteiger partial charge in [0.05, 0.1) is 16.4 Å². The number of aryl methyl sites for hydroxylation is 1. The van der Waals surface area contributed by atoms with Crippen molar-refractivity contribution < 1.29 is 13.9 Å². The topological polar surface area (TPSA) is 55.3 Å². The van der Waals surface area contributed by atoms with Crippen LogP contribution in [0.3, 0.4) is 0 Å². The van der Waals surface area contributed by atoms with Crippen LogP contribution in [0.25, 0.3) is 10.4 Å². The van der Waals surface area contributed by atoms with Crippen LogP contribution < -0.4 is 9.64 Å². The summed E-state index contributed by atoms with van der Waals surface area (Å²) in [5.74, 6) is 0.638. The fraction of sp³-hybridized carbons (Fsp3) is 0.100. The number of anilines is 1. The molecule has 0 fully saturated rings. The fourth-order valence-electron chi connectivity index (χ4n) is 3.91. The lowest BCUT2D eigenvalue weighted by atomic mass is 10.1. The van der Waals surface area contributed by atoms with Crippen molar-refractivity contribution >= 4 is 23.1 Å². The Labute approximate surface area is 218 Å². The summed E-state index contributed by atoms with van der Waals surface area (Å²) in [7, 11) is 0. The Morgan fingerprint density at radius 3 is 2.38 bits per heavy atom. The average molecular weight is 510 g/mol. The van der Waals surface area contributed by atoms with E-state index in [1.807, 2.05) is 79.7 Å². The quantitative estimate of drug-likeness (QED) is 0.224. The molecule has 0 aliphatic heterocycles. The minimum atomic E-state index is -0.296. The molecule has 5 aromatic rings. The number of amides is 1. The van der Waals surface area contributed by atoms with Crippen LogP contribution >= 0.6 is 11.3 Å². The van der Waals surface area contributed by atoms with Crippen molar-refractivity contribution in [2.24, 2.45) is 0 Å². The summed E-state index contributed by atoms with van der Waals surface area (Å²) in [5.41, 5.74) is 2.75. The first-order valence-electron chi connectivity index (χ1n) is 11.8. The largest absolute Gasteiger partial charge is 0.489 e. The Hall–Kier alpha value is -4.36. The van der Waals surface area contributed by atoms with Crippen molar-refractivity contribution in [3.05, 3.63) is 131 Å². The van der Waals surface area contributed by atoms with Gasteiger partial charge in [0.2, 0.25) is 0 Å². The molecule has 5 nitrogen and oxygen atoms in total. The van der Waals surface area contributed by atoms with Gasteiger partial charge >= 0.3 is 0 Å². The maximum atomic E-state index is 13.9. The molecule has 2 heterocycles. The van der Waals surface area contributed by atoms with Gasteiger partial charge in [-0.3, -0.25) is 9.69 Å². The molecule has 0 aliphatic rings. The number of carbonyl (C=O) groups excluding carboxylic acids is 1. The smallest absolute Gasteiger partial charge is 0.279 e. The van der Waals surface area contributed by atoms with E-state index in [9.17, 15) is 9.18 Å². The fourth-order valence-corrected chi connectivity index (χ4v) is 4.82. The highest BCUT2D eigenvalue weighted by atomic mass is 32.1. The summed E-state index contributed by atoms with van der Waals surface area (Å²) in [5, 5.41) is 0.819. The lowest BCUT2D eigenvalue weighted by molar-refractivity contribution is 0.0980. The molecule has 1 amide bonds. The van der Waals surface area contributed by atoms with Crippen molar-refractivity contribution in [3.63, 3.8) is 0 Å². The number of hydrogen-bond acceptors (Lipinski definition) is 5. The van der Waals surface area contributed by atoms with Gasteiger partial charge in [0, 0.05) is 11.8 Å². The maximum Gasteiger partial charge on any atom is 0.279 e. The molecular formula is C30H24FN3O2S. The zero-order chi connectivity index (χ0) is 25.6. The molecule has 0 aliphatic carbocycles. The van der Waals surface area contributed by atoms with E-state index < -0.39 is 0 Å². The van der Waals surface area contributed by atoms with E-state index in [4.69, 9.17) is 4.74 Å². The molecule has 0 atom stereocenters. The van der Waals surface area contributed by atoms with Gasteiger partial charge in [-0.05, 0) is 48.4 Å². The van der Waals surface area contributed by atoms with E-state index >= 15 is 0 Å². The predicted octanol–water partition coefficient (Wildman–Crippen LogP) is 7.08. The van der Waals surface area contributed by atoms with Crippen molar-refractivity contribution in [2.45, 2.75) is 20.1 Å². The number of rotatable bonds is 8. The summed E-state index contributed by atoms with van der Waals surface area (Å²) in [6.45, 7) is 2.34. The van der Waals surface area contributed by atoms with Gasteiger partial charge in [0.1, 0.15) is 29.7 Å². The molecule has 5 rings (SSSR count). The van der Waals surface area contributed by atoms with Gasteiger partial charge in [0.15, 0.2) is 0 Å². The molecule has 0 N–H and O–H groups in total. The molecule has 0 radical (unpaired) electrons. The normalized spacial score (nSPS) is 10.8. The molecule has 0 spiro atoms. The van der Waals surface area contributed by atoms with Gasteiger partial charge in [-0.1, -0.05) is 66.7 Å². The van der Waals surface area contributed by atoms with Crippen LogP contribution in [-0.2, 0) is 13.2 Å². The molecule has 0 bridgehead atoms. The molecule has 3 aromatic carbocycles. The lowest BCUT2D eigenvalue weighted by Crippen LogP contribution is -2.31. The number of benzene rings is 3. The van der Waals surface area contributed by atoms with Crippen molar-refractivity contribution in [2.75, 3.05) is 4.90 Å². The first-order valence-corrected chi connectivity index (χ1v) is 12.6. The molecule has 2 aromatic heterocycles. The maximum absolute atomic E-state index is 13.9. The van der Waals surface area contributed by atoms with E-state index in [-0.39, 0.29) is 18.3 Å². The highest BCUT2D eigenvalue weighted by molar-refractivity contribution is 7.15. The summed E-state index contributed by atoms with van der Waals surface area (Å²) >= 11 is 1.50. The van der Waals surface area contributed by atoms with E-state index in [0.717, 1.165) is 21.0 Å². The van der Waals surface area contributed by atoms with Crippen LogP contribution in [0.15, 0.2) is 103 Å². The number of halogens is 1. The van der Waals surface area contributed by atoms with Crippen molar-refractivity contribution in [1.82, 2.24) is 9.97 Å². The number of pyridine rings is 1. The zero-order valence-corrected chi connectivity index (χ0v) is 21.0. The van der Waals surface area contributed by atoms with Crippen molar-refractivity contribution in [3.8, 4) is 16.2 Å². The molecule has 7 heteroatoms. The third-order valence-corrected chi connectivity index (χ3v) is 6.78. The zero-order valence-electron chi connectivity index (χ0n) is 20.2. The van der Waals surface area contributed by atoms with Crippen LogP contribution in [0.5, 0.6) is 5.75 Å². The lowest BCUT2D eigenvalue weighted by Gasteiger charge is -2.22. The van der Waals surface area contributed by atoms with Crippen LogP contribution in [0, 0.1) is 12.7 Å². The van der Waals surface area contributed by atoms with Crippen LogP contribution in [0.1, 0.15) is 26.6 Å². The van der Waals surface area contributed by atoms with E-state index in [0.29, 0.717) is 29.4 Å². The van der Waals surface area contributed by atoms with E-state index in [2.05, 4.69) is 9.97 Å². The third-order valence-electron chi connectivity index (χ3n) is 5.76. The Balaban J connectivity index is 1.39. The van der Waals surface area contributed by atoms with Gasteiger partial charge in [-0.2, -0.15) is 0 Å². The number of aromatic nitrogens is 2. The van der Waals surface area contributed by atoms with E-state index in [1.54, 1.807) is 29.3 Å². The number of ether oxygens (including phenoxy) is 1. The molecule has 37 heavy (non-hydrogen) atoms. The van der Waals surface area contributed by atoms with E-state index in [1.165, 1.54) is 17.4 Å². The predicted molar refractivity (Wildman–Crippen MR) is 144 cm³/mol. The van der Waals surface area contributed by atoms with Crippen LogP contribution in [0.4, 0.5) is 10.2 Å². The second-order valence-corrected chi connectivity index (χ2v) is 9.58. The minimum absolute atomic E-state index is 0.135. The Morgan fingerprint density at radius 2 is 1.65 bits per heavy atom. The molecule has 0 saturated carbocycles. The number of thiazole rings is 1. The first kappa shape index (κ1) is 24.3. The highest BCUT2D eigenvalue weighted by Gasteiger charge is 2.26. The SMILES string of the molecule is Cc1nc(C(=O)N(Cc2ccc(OCc3ccccc3F)cc2)c2ccccn2)c(-c2ccccc2)s1. The Kier molecular flexibility index (Phi) is 7.33. The second-order valence-electron chi connectivity index (χ2n) is 8.38. The standard InChI is InChI=1S/C30H24FN3O2S/c1-21-33-28(29(37-21)23-9-3-2-4-10-23)30(35)34(27-13-7-8-18-32-27)19-22-14-16-25(17-15-22)36-20-24-11-5-6-12-26(24)31/h2-18H,19-20H2,1H3. The molecule has 0 unspecified atom stereocenters. The van der Waals surface area contributed by atoms with Gasteiger partial charge < -0.3 is 4.74 Å². The number of hydrogen-bond donors (Lipinski definition) is 0.